The normalized spacial score (nSPS) is 41.6. The fraction of sp³-hybridized carbons (Fsp3) is 1.00. The molecule has 0 aromatic carbocycles. The van der Waals surface area contributed by atoms with Crippen molar-refractivity contribution in [3.05, 3.63) is 0 Å². The van der Waals surface area contributed by atoms with Crippen molar-refractivity contribution < 1.29 is 0 Å². The second-order valence-corrected chi connectivity index (χ2v) is 3.42. The van der Waals surface area contributed by atoms with Gasteiger partial charge in [0.2, 0.25) is 0 Å². The molecule has 10 heavy (non-hydrogen) atoms. The number of fused-ring (bicyclic) bond motifs is 1. The molecular formula is C7H13BN2. The summed E-state index contributed by atoms with van der Waals surface area (Å²) in [4.78, 5) is 1.94. The molecule has 3 heteroatoms. The molecule has 0 bridgehead atoms. The van der Waals surface area contributed by atoms with Crippen LogP contribution in [0.25, 0.3) is 0 Å². The quantitative estimate of drug-likeness (QED) is 0.462. The van der Waals surface area contributed by atoms with Gasteiger partial charge in [-0.15, -0.1) is 0 Å². The van der Waals surface area contributed by atoms with Crippen LogP contribution >= 0.6 is 0 Å². The lowest BCUT2D eigenvalue weighted by Crippen LogP contribution is -2.40. The first kappa shape index (κ1) is 6.68. The molecule has 0 aliphatic carbocycles. The summed E-state index contributed by atoms with van der Waals surface area (Å²) in [6, 6.07) is 0.693. The van der Waals surface area contributed by atoms with Crippen LogP contribution in [0.5, 0.6) is 0 Å². The lowest BCUT2D eigenvalue weighted by Gasteiger charge is -2.25. The Bertz CT molecular complexity index is 115. The number of nitrogens with one attached hydrogen (secondary N) is 1. The average molecular weight is 136 g/mol. The Balaban J connectivity index is 1.97. The molecule has 2 heterocycles. The monoisotopic (exact) mass is 136 g/mol. The van der Waals surface area contributed by atoms with Crippen molar-refractivity contribution in [3.63, 3.8) is 0 Å². The first-order valence-electron chi connectivity index (χ1n) is 4.09. The van der Waals surface area contributed by atoms with E-state index in [2.05, 4.69) is 5.32 Å². The van der Waals surface area contributed by atoms with E-state index in [4.69, 9.17) is 7.98 Å². The zero-order valence-electron chi connectivity index (χ0n) is 6.21. The summed E-state index contributed by atoms with van der Waals surface area (Å²) >= 11 is 0. The Morgan fingerprint density at radius 2 is 2.30 bits per heavy atom. The minimum absolute atomic E-state index is 0.693. The zero-order valence-corrected chi connectivity index (χ0v) is 6.21. The Kier molecular flexibility index (Phi) is 1.70. The maximum Gasteiger partial charge on any atom is 0.182 e. The molecule has 2 aliphatic rings. The molecule has 2 nitrogen and oxygen atoms in total. The van der Waals surface area contributed by atoms with Gasteiger partial charge in [0.25, 0.3) is 0 Å². The van der Waals surface area contributed by atoms with Crippen LogP contribution in [0.15, 0.2) is 0 Å². The van der Waals surface area contributed by atoms with Crippen LogP contribution < -0.4 is 5.32 Å². The molecule has 2 fully saturated rings. The second kappa shape index (κ2) is 2.55. The fourth-order valence-corrected chi connectivity index (χ4v) is 2.08. The first-order valence-corrected chi connectivity index (χ1v) is 4.09. The van der Waals surface area contributed by atoms with E-state index in [-0.39, 0.29) is 0 Å². The van der Waals surface area contributed by atoms with E-state index < -0.39 is 0 Å². The molecule has 2 radical (unpaired) electrons. The second-order valence-electron chi connectivity index (χ2n) is 3.42. The molecule has 2 saturated heterocycles. The molecular weight excluding hydrogens is 123 g/mol. The summed E-state index contributed by atoms with van der Waals surface area (Å²) in [6.07, 6.45) is 2.69. The number of nitrogens with zero attached hydrogens (tertiary/aromatic N) is 1. The van der Waals surface area contributed by atoms with Gasteiger partial charge in [0.05, 0.1) is 0 Å². The number of rotatable bonds is 0. The van der Waals surface area contributed by atoms with E-state index in [0.717, 1.165) is 19.0 Å². The third-order valence-electron chi connectivity index (χ3n) is 2.63. The van der Waals surface area contributed by atoms with Crippen LogP contribution in [-0.2, 0) is 0 Å². The number of piperidine rings is 1. The van der Waals surface area contributed by atoms with Gasteiger partial charge in [-0.2, -0.15) is 0 Å². The summed E-state index contributed by atoms with van der Waals surface area (Å²) in [5, 5.41) is 3.49. The Morgan fingerprint density at radius 1 is 1.40 bits per heavy atom. The third kappa shape index (κ3) is 1.08. The van der Waals surface area contributed by atoms with Gasteiger partial charge in [-0.05, 0) is 31.8 Å². The summed E-state index contributed by atoms with van der Waals surface area (Å²) in [6.45, 7) is 3.33. The highest BCUT2D eigenvalue weighted by molar-refractivity contribution is 6.04. The summed E-state index contributed by atoms with van der Waals surface area (Å²) in [7, 11) is 5.69. The molecule has 2 atom stereocenters. The highest BCUT2D eigenvalue weighted by Crippen LogP contribution is 2.22. The smallest absolute Gasteiger partial charge is 0.182 e. The molecule has 0 aromatic rings. The fourth-order valence-electron chi connectivity index (χ4n) is 2.08. The highest BCUT2D eigenvalue weighted by atomic mass is 15.1. The van der Waals surface area contributed by atoms with Gasteiger partial charge >= 0.3 is 0 Å². The minimum atomic E-state index is 0.693. The largest absolute Gasteiger partial charge is 0.352 e. The van der Waals surface area contributed by atoms with Crippen LogP contribution in [0.1, 0.15) is 12.8 Å². The first-order chi connectivity index (χ1) is 4.86. The molecule has 1 N–H and O–H groups in total. The zero-order chi connectivity index (χ0) is 6.97. The van der Waals surface area contributed by atoms with Crippen LogP contribution in [-0.4, -0.2) is 38.5 Å². The van der Waals surface area contributed by atoms with E-state index in [1.165, 1.54) is 19.4 Å². The summed E-state index contributed by atoms with van der Waals surface area (Å²) < 4.78 is 0. The molecule has 2 aliphatic heterocycles. The van der Waals surface area contributed by atoms with Crippen molar-refractivity contribution in [2.45, 2.75) is 18.9 Å². The topological polar surface area (TPSA) is 15.3 Å². The highest BCUT2D eigenvalue weighted by Gasteiger charge is 2.31. The maximum absolute atomic E-state index is 5.69. The van der Waals surface area contributed by atoms with Crippen LogP contribution in [0.3, 0.4) is 0 Å². The van der Waals surface area contributed by atoms with E-state index >= 15 is 0 Å². The van der Waals surface area contributed by atoms with E-state index in [1.807, 2.05) is 4.81 Å². The Labute approximate surface area is 63.4 Å². The summed E-state index contributed by atoms with van der Waals surface area (Å²) in [5.74, 6) is 0.832. The maximum atomic E-state index is 5.69. The lowest BCUT2D eigenvalue weighted by molar-refractivity contribution is 0.339. The van der Waals surface area contributed by atoms with Crippen molar-refractivity contribution in [2.75, 3.05) is 19.6 Å². The van der Waals surface area contributed by atoms with Gasteiger partial charge in [-0.3, -0.25) is 0 Å². The van der Waals surface area contributed by atoms with E-state index in [1.54, 1.807) is 0 Å². The van der Waals surface area contributed by atoms with Crippen molar-refractivity contribution in [1.82, 2.24) is 10.1 Å². The standard InChI is InChI=1S/C7H13BN2/c8-10-4-6-2-1-3-9-7(6)5-10/h6-7,9H,1-5H2/t6-,7+/m0/s1. The van der Waals surface area contributed by atoms with Gasteiger partial charge < -0.3 is 10.1 Å². The minimum Gasteiger partial charge on any atom is -0.352 e. The van der Waals surface area contributed by atoms with Crippen LogP contribution in [0, 0.1) is 5.92 Å². The lowest BCUT2D eigenvalue weighted by atomic mass is 9.94. The van der Waals surface area contributed by atoms with Gasteiger partial charge in [0, 0.05) is 12.6 Å². The molecule has 0 aromatic heterocycles. The predicted molar refractivity (Wildman–Crippen MR) is 41.8 cm³/mol. The van der Waals surface area contributed by atoms with E-state index in [9.17, 15) is 0 Å². The molecule has 0 amide bonds. The number of hydrogen-bond acceptors (Lipinski definition) is 2. The van der Waals surface area contributed by atoms with E-state index in [0.29, 0.717) is 6.04 Å². The van der Waals surface area contributed by atoms with Crippen LogP contribution in [0.4, 0.5) is 0 Å². The van der Waals surface area contributed by atoms with Gasteiger partial charge in [-0.25, -0.2) is 0 Å². The van der Waals surface area contributed by atoms with Gasteiger partial charge in [-0.1, -0.05) is 0 Å². The molecule has 54 valence electrons. The third-order valence-corrected chi connectivity index (χ3v) is 2.63. The van der Waals surface area contributed by atoms with Crippen molar-refractivity contribution >= 4 is 7.98 Å². The molecule has 2 rings (SSSR count). The Morgan fingerprint density at radius 3 is 3.10 bits per heavy atom. The number of hydrogen-bond donors (Lipinski definition) is 1. The summed E-state index contributed by atoms with van der Waals surface area (Å²) in [5.41, 5.74) is 0. The molecule has 0 unspecified atom stereocenters. The van der Waals surface area contributed by atoms with Crippen molar-refractivity contribution in [2.24, 2.45) is 5.92 Å². The van der Waals surface area contributed by atoms with Crippen molar-refractivity contribution in [1.29, 1.82) is 0 Å². The molecule has 0 spiro atoms. The van der Waals surface area contributed by atoms with Gasteiger partial charge in [0.1, 0.15) is 0 Å². The Hall–Kier alpha value is -0.0151. The van der Waals surface area contributed by atoms with Crippen molar-refractivity contribution in [3.8, 4) is 0 Å². The predicted octanol–water partition coefficient (Wildman–Crippen LogP) is -0.246. The SMILES string of the molecule is [B]N1C[C@@H]2CCCN[C@@H]2C1. The van der Waals surface area contributed by atoms with Crippen LogP contribution in [0.2, 0.25) is 0 Å². The average Bonchev–Trinajstić information content (AvgIpc) is 2.27. The van der Waals surface area contributed by atoms with Gasteiger partial charge in [0.15, 0.2) is 7.98 Å². The molecule has 0 saturated carbocycles.